The number of nitrogens with zero attached hydrogens (tertiary/aromatic N) is 3. The normalized spacial score (nSPS) is 21.8. The molecule has 8 heteroatoms. The van der Waals surface area contributed by atoms with Gasteiger partial charge in [-0.15, -0.1) is 0 Å². The first-order valence-corrected chi connectivity index (χ1v) is 8.83. The predicted octanol–water partition coefficient (Wildman–Crippen LogP) is 0.784. The van der Waals surface area contributed by atoms with E-state index < -0.39 is 0 Å². The second-order valence-corrected chi connectivity index (χ2v) is 6.23. The molecule has 1 unspecified atom stereocenters. The molecule has 134 valence electrons. The molecule has 4 N–H and O–H groups in total. The summed E-state index contributed by atoms with van der Waals surface area (Å²) in [5.74, 6) is 1.37. The van der Waals surface area contributed by atoms with Crippen LogP contribution in [0.4, 0.5) is 17.3 Å². The molecule has 3 heterocycles. The molecule has 2 fully saturated rings. The molecule has 0 aromatic carbocycles. The number of nitrogen functional groups attached to an aromatic ring is 1. The Hall–Kier alpha value is -1.64. The number of ether oxygens (including phenoxy) is 2. The Balaban J connectivity index is 1.42. The Bertz CT molecular complexity index is 503. The van der Waals surface area contributed by atoms with E-state index in [1.54, 1.807) is 6.33 Å². The van der Waals surface area contributed by atoms with Gasteiger partial charge in [-0.3, -0.25) is 4.90 Å². The third kappa shape index (κ3) is 4.93. The first-order chi connectivity index (χ1) is 11.8. The van der Waals surface area contributed by atoms with Crippen LogP contribution in [0.2, 0.25) is 0 Å². The van der Waals surface area contributed by atoms with Crippen LogP contribution in [0.5, 0.6) is 0 Å². The number of hydrogen-bond donors (Lipinski definition) is 3. The summed E-state index contributed by atoms with van der Waals surface area (Å²) in [4.78, 5) is 10.9. The maximum absolute atomic E-state index is 6.18. The van der Waals surface area contributed by atoms with Crippen LogP contribution in [0.25, 0.3) is 0 Å². The van der Waals surface area contributed by atoms with Crippen molar-refractivity contribution in [1.82, 2.24) is 14.9 Å². The van der Waals surface area contributed by atoms with Crippen LogP contribution in [-0.2, 0) is 9.47 Å². The Morgan fingerprint density at radius 1 is 1.17 bits per heavy atom. The molecule has 0 aliphatic carbocycles. The Morgan fingerprint density at radius 2 is 1.96 bits per heavy atom. The molecule has 2 saturated heterocycles. The van der Waals surface area contributed by atoms with Gasteiger partial charge in [-0.1, -0.05) is 0 Å². The third-order valence-electron chi connectivity index (χ3n) is 4.45. The molecule has 0 radical (unpaired) electrons. The molecule has 1 aromatic heterocycles. The van der Waals surface area contributed by atoms with E-state index in [-0.39, 0.29) is 6.10 Å². The summed E-state index contributed by atoms with van der Waals surface area (Å²) in [5.41, 5.74) is 6.75. The molecule has 24 heavy (non-hydrogen) atoms. The van der Waals surface area contributed by atoms with Gasteiger partial charge in [-0.2, -0.15) is 0 Å². The smallest absolute Gasteiger partial charge is 0.154 e. The van der Waals surface area contributed by atoms with E-state index in [1.807, 2.05) is 0 Å². The SMILES string of the molecule is Nc1c(NCCCN2CCOCC2)ncnc1NCC1CCCO1. The lowest BCUT2D eigenvalue weighted by molar-refractivity contribution is 0.0378. The molecule has 0 saturated carbocycles. The largest absolute Gasteiger partial charge is 0.393 e. The summed E-state index contributed by atoms with van der Waals surface area (Å²) in [6.45, 7) is 7.20. The summed E-state index contributed by atoms with van der Waals surface area (Å²) >= 11 is 0. The van der Waals surface area contributed by atoms with Gasteiger partial charge in [-0.05, 0) is 25.8 Å². The van der Waals surface area contributed by atoms with Gasteiger partial charge in [-0.25, -0.2) is 9.97 Å². The first-order valence-electron chi connectivity index (χ1n) is 8.83. The minimum atomic E-state index is 0.254. The molecule has 0 spiro atoms. The Kier molecular flexibility index (Phi) is 6.45. The van der Waals surface area contributed by atoms with Gasteiger partial charge in [0.1, 0.15) is 12.0 Å². The van der Waals surface area contributed by atoms with Crippen LogP contribution in [-0.4, -0.2) is 73.5 Å². The Morgan fingerprint density at radius 3 is 2.71 bits per heavy atom. The number of aromatic nitrogens is 2. The van der Waals surface area contributed by atoms with Crippen LogP contribution in [0, 0.1) is 0 Å². The summed E-state index contributed by atoms with van der Waals surface area (Å²) in [7, 11) is 0. The van der Waals surface area contributed by atoms with Crippen LogP contribution >= 0.6 is 0 Å². The molecular weight excluding hydrogens is 308 g/mol. The number of rotatable bonds is 8. The van der Waals surface area contributed by atoms with E-state index in [0.717, 1.165) is 71.8 Å². The lowest BCUT2D eigenvalue weighted by Crippen LogP contribution is -2.37. The van der Waals surface area contributed by atoms with Gasteiger partial charge in [0, 0.05) is 32.8 Å². The monoisotopic (exact) mass is 336 g/mol. The predicted molar refractivity (Wildman–Crippen MR) is 94.3 cm³/mol. The standard InChI is InChI=1S/C16H28N6O2/c17-14-15(18-4-2-5-22-6-9-23-10-7-22)20-12-21-16(14)19-11-13-3-1-8-24-13/h12-13H,1-11,17H2,(H2,18,19,20,21). The topological polar surface area (TPSA) is 97.6 Å². The van der Waals surface area contributed by atoms with Gasteiger partial charge in [0.15, 0.2) is 11.6 Å². The van der Waals surface area contributed by atoms with Gasteiger partial charge in [0.05, 0.1) is 19.3 Å². The molecule has 1 atom stereocenters. The fourth-order valence-electron chi connectivity index (χ4n) is 3.03. The van der Waals surface area contributed by atoms with Gasteiger partial charge >= 0.3 is 0 Å². The number of morpholine rings is 1. The van der Waals surface area contributed by atoms with E-state index in [9.17, 15) is 0 Å². The average molecular weight is 336 g/mol. The van der Waals surface area contributed by atoms with E-state index in [0.29, 0.717) is 17.3 Å². The summed E-state index contributed by atoms with van der Waals surface area (Å²) in [6.07, 6.45) is 5.05. The van der Waals surface area contributed by atoms with Crippen molar-refractivity contribution in [3.63, 3.8) is 0 Å². The molecule has 0 amide bonds. The summed E-state index contributed by atoms with van der Waals surface area (Å²) < 4.78 is 11.0. The van der Waals surface area contributed by atoms with Crippen molar-refractivity contribution in [2.24, 2.45) is 0 Å². The zero-order chi connectivity index (χ0) is 16.6. The van der Waals surface area contributed by atoms with Crippen LogP contribution in [0.15, 0.2) is 6.33 Å². The highest BCUT2D eigenvalue weighted by molar-refractivity contribution is 5.73. The molecule has 2 aliphatic rings. The molecular formula is C16H28N6O2. The van der Waals surface area contributed by atoms with Gasteiger partial charge in [0.2, 0.25) is 0 Å². The van der Waals surface area contributed by atoms with E-state index in [1.165, 1.54) is 0 Å². The summed E-state index contributed by atoms with van der Waals surface area (Å²) in [5, 5.41) is 6.59. The van der Waals surface area contributed by atoms with Crippen molar-refractivity contribution >= 4 is 17.3 Å². The second kappa shape index (κ2) is 9.00. The van der Waals surface area contributed by atoms with Crippen LogP contribution in [0.3, 0.4) is 0 Å². The zero-order valence-electron chi connectivity index (χ0n) is 14.2. The molecule has 0 bridgehead atoms. The van der Waals surface area contributed by atoms with Crippen molar-refractivity contribution in [3.8, 4) is 0 Å². The van der Waals surface area contributed by atoms with Crippen LogP contribution in [0.1, 0.15) is 19.3 Å². The second-order valence-electron chi connectivity index (χ2n) is 6.23. The Labute approximate surface area is 143 Å². The molecule has 1 aromatic rings. The van der Waals surface area contributed by atoms with Gasteiger partial charge < -0.3 is 25.8 Å². The quantitative estimate of drug-likeness (QED) is 0.599. The van der Waals surface area contributed by atoms with E-state index in [2.05, 4.69) is 25.5 Å². The van der Waals surface area contributed by atoms with Crippen molar-refractivity contribution in [2.45, 2.75) is 25.4 Å². The van der Waals surface area contributed by atoms with E-state index in [4.69, 9.17) is 15.2 Å². The minimum Gasteiger partial charge on any atom is -0.393 e. The van der Waals surface area contributed by atoms with Crippen molar-refractivity contribution in [1.29, 1.82) is 0 Å². The highest BCUT2D eigenvalue weighted by Gasteiger charge is 2.16. The van der Waals surface area contributed by atoms with Crippen molar-refractivity contribution in [3.05, 3.63) is 6.33 Å². The van der Waals surface area contributed by atoms with Crippen molar-refractivity contribution < 1.29 is 9.47 Å². The number of hydrogen-bond acceptors (Lipinski definition) is 8. The number of anilines is 3. The van der Waals surface area contributed by atoms with E-state index >= 15 is 0 Å². The fourth-order valence-corrected chi connectivity index (χ4v) is 3.03. The minimum absolute atomic E-state index is 0.254. The zero-order valence-corrected chi connectivity index (χ0v) is 14.2. The maximum Gasteiger partial charge on any atom is 0.154 e. The number of nitrogens with two attached hydrogens (primary N) is 1. The average Bonchev–Trinajstić information content (AvgIpc) is 3.13. The lowest BCUT2D eigenvalue weighted by atomic mass is 10.2. The highest BCUT2D eigenvalue weighted by atomic mass is 16.5. The summed E-state index contributed by atoms with van der Waals surface area (Å²) in [6, 6.07) is 0. The third-order valence-corrected chi connectivity index (χ3v) is 4.45. The number of nitrogens with one attached hydrogen (secondary N) is 2. The lowest BCUT2D eigenvalue weighted by Gasteiger charge is -2.26. The molecule has 2 aliphatic heterocycles. The van der Waals surface area contributed by atoms with Crippen molar-refractivity contribution in [2.75, 3.05) is 68.9 Å². The van der Waals surface area contributed by atoms with Gasteiger partial charge in [0.25, 0.3) is 0 Å². The maximum atomic E-state index is 6.18. The first kappa shape index (κ1) is 17.2. The fraction of sp³-hybridized carbons (Fsp3) is 0.750. The highest BCUT2D eigenvalue weighted by Crippen LogP contribution is 2.23. The molecule has 3 rings (SSSR count). The van der Waals surface area contributed by atoms with Crippen LogP contribution < -0.4 is 16.4 Å². The molecule has 8 nitrogen and oxygen atoms in total.